The van der Waals surface area contributed by atoms with E-state index in [1.165, 1.54) is 11.8 Å². The zero-order chi connectivity index (χ0) is 10.3. The number of hydrogen-bond donors (Lipinski definition) is 3. The molecule has 0 radical (unpaired) electrons. The highest BCUT2D eigenvalue weighted by molar-refractivity contribution is 7.99. The molecule has 78 valence electrons. The molecule has 0 aromatic heterocycles. The number of aldehydes is 1. The molecule has 0 aromatic carbocycles. The van der Waals surface area contributed by atoms with Gasteiger partial charge in [-0.1, -0.05) is 0 Å². The molecule has 0 rings (SSSR count). The van der Waals surface area contributed by atoms with Crippen LogP contribution in [0.15, 0.2) is 0 Å². The zero-order valence-corrected chi connectivity index (χ0v) is 8.54. The fourth-order valence-corrected chi connectivity index (χ4v) is 1.71. The van der Waals surface area contributed by atoms with Crippen LogP contribution in [0.3, 0.4) is 0 Å². The molecule has 3 atom stereocenters. The summed E-state index contributed by atoms with van der Waals surface area (Å²) in [4.78, 5) is 10.0. The van der Waals surface area contributed by atoms with E-state index >= 15 is 0 Å². The van der Waals surface area contributed by atoms with Crippen LogP contribution in [0.1, 0.15) is 0 Å². The van der Waals surface area contributed by atoms with E-state index in [9.17, 15) is 9.90 Å². The summed E-state index contributed by atoms with van der Waals surface area (Å²) in [6.45, 7) is 0. The highest BCUT2D eigenvalue weighted by Crippen LogP contribution is 2.08. The lowest BCUT2D eigenvalue weighted by atomic mass is 10.1. The van der Waals surface area contributed by atoms with Crippen molar-refractivity contribution in [2.45, 2.75) is 18.3 Å². The first-order chi connectivity index (χ1) is 6.13. The molecule has 0 aliphatic heterocycles. The second kappa shape index (κ2) is 7.58. The minimum atomic E-state index is -1.52. The molecule has 0 heterocycles. The summed E-state index contributed by atoms with van der Waals surface area (Å²) in [6, 6.07) is 0. The molecule has 13 heavy (non-hydrogen) atoms. The number of aliphatic hydroxyl groups excluding tert-OH is 3. The zero-order valence-electron chi connectivity index (χ0n) is 6.97. The second-order valence-electron chi connectivity index (χ2n) is 2.45. The van der Waals surface area contributed by atoms with E-state index < -0.39 is 18.3 Å². The van der Waals surface area contributed by atoms with Gasteiger partial charge in [-0.3, -0.25) is 0 Å². The van der Waals surface area contributed by atoms with Gasteiger partial charge in [0.15, 0.2) is 6.29 Å². The molecule has 0 saturated heterocycles. The van der Waals surface area contributed by atoms with Crippen molar-refractivity contribution in [2.75, 3.05) is 17.4 Å². The third kappa shape index (κ3) is 5.49. The fraction of sp³-hybridized carbons (Fsp3) is 0.857. The minimum absolute atomic E-state index is 0.195. The summed E-state index contributed by atoms with van der Waals surface area (Å²) in [7, 11) is 0. The second-order valence-corrected chi connectivity index (χ2v) is 3.98. The Morgan fingerprint density at radius 3 is 2.46 bits per heavy atom. The summed E-state index contributed by atoms with van der Waals surface area (Å²) in [5.41, 5.74) is 0. The van der Waals surface area contributed by atoms with Gasteiger partial charge in [0, 0.05) is 17.4 Å². The van der Waals surface area contributed by atoms with E-state index in [1.54, 1.807) is 0 Å². The Labute approximate surface area is 85.9 Å². The van der Waals surface area contributed by atoms with Gasteiger partial charge in [-0.05, 0) is 0 Å². The van der Waals surface area contributed by atoms with Gasteiger partial charge in [-0.2, -0.15) is 11.8 Å². The van der Waals surface area contributed by atoms with E-state index in [0.717, 1.165) is 0 Å². The Kier molecular flexibility index (Phi) is 7.69. The van der Waals surface area contributed by atoms with Gasteiger partial charge in [0.05, 0.1) is 6.10 Å². The molecule has 0 aliphatic rings. The van der Waals surface area contributed by atoms with Crippen LogP contribution in [-0.4, -0.2) is 57.3 Å². The third-order valence-electron chi connectivity index (χ3n) is 1.39. The van der Waals surface area contributed by atoms with Crippen LogP contribution in [0.4, 0.5) is 0 Å². The summed E-state index contributed by atoms with van der Waals surface area (Å²) >= 11 is 6.73. The summed E-state index contributed by atoms with van der Waals surface area (Å²) in [5.74, 6) is 1.37. The van der Waals surface area contributed by atoms with Crippen molar-refractivity contribution in [3.8, 4) is 0 Å². The molecular weight excluding hydrogens is 216 g/mol. The highest BCUT2D eigenvalue weighted by Gasteiger charge is 2.23. The Hall–Kier alpha value is 0.190. The van der Waals surface area contributed by atoms with Crippen molar-refractivity contribution in [1.29, 1.82) is 0 Å². The Bertz CT molecular complexity index is 146. The van der Waals surface area contributed by atoms with Crippen molar-refractivity contribution < 1.29 is 20.1 Å². The maximum absolute atomic E-state index is 10.0. The van der Waals surface area contributed by atoms with E-state index in [-0.39, 0.29) is 12.0 Å². The molecular formula is C7H13ClO4S. The third-order valence-corrected chi connectivity index (χ3v) is 2.88. The first-order valence-corrected chi connectivity index (χ1v) is 5.45. The van der Waals surface area contributed by atoms with E-state index in [0.29, 0.717) is 11.6 Å². The smallest absolute Gasteiger partial charge is 0.151 e. The molecule has 6 heteroatoms. The molecule has 0 saturated carbocycles. The van der Waals surface area contributed by atoms with Gasteiger partial charge in [0.1, 0.15) is 12.2 Å². The average Bonchev–Trinajstić information content (AvgIpc) is 2.15. The molecule has 3 N–H and O–H groups in total. The van der Waals surface area contributed by atoms with Gasteiger partial charge in [-0.15, -0.1) is 11.6 Å². The van der Waals surface area contributed by atoms with Crippen LogP contribution in [0, 0.1) is 0 Å². The molecule has 0 unspecified atom stereocenters. The maximum Gasteiger partial charge on any atom is 0.151 e. The summed E-state index contributed by atoms with van der Waals surface area (Å²) in [5, 5.41) is 27.2. The van der Waals surface area contributed by atoms with Crippen LogP contribution in [0.5, 0.6) is 0 Å². The van der Waals surface area contributed by atoms with Crippen LogP contribution in [0.25, 0.3) is 0 Å². The van der Waals surface area contributed by atoms with Crippen molar-refractivity contribution in [3.05, 3.63) is 0 Å². The van der Waals surface area contributed by atoms with Gasteiger partial charge in [0.25, 0.3) is 0 Å². The number of carbonyl (C=O) groups is 1. The van der Waals surface area contributed by atoms with Gasteiger partial charge < -0.3 is 20.1 Å². The fourth-order valence-electron chi connectivity index (χ4n) is 0.665. The maximum atomic E-state index is 10.0. The lowest BCUT2D eigenvalue weighted by Gasteiger charge is -2.18. The number of hydrogen-bond acceptors (Lipinski definition) is 5. The number of carbonyl (C=O) groups excluding carboxylic acids is 1. The molecule has 0 amide bonds. The largest absolute Gasteiger partial charge is 0.389 e. The van der Waals surface area contributed by atoms with Crippen molar-refractivity contribution in [3.63, 3.8) is 0 Å². The standard InChI is InChI=1S/C7H13ClO4S/c8-1-2-13-4-6(11)7(12)5(10)3-9/h3,5-7,10-12H,1-2,4H2/t5-,6+,7-/m0/s1. The number of aliphatic hydroxyl groups is 3. The van der Waals surface area contributed by atoms with Crippen molar-refractivity contribution in [1.82, 2.24) is 0 Å². The lowest BCUT2D eigenvalue weighted by molar-refractivity contribution is -0.124. The lowest BCUT2D eigenvalue weighted by Crippen LogP contribution is -2.39. The van der Waals surface area contributed by atoms with E-state index in [1.807, 2.05) is 0 Å². The number of rotatable bonds is 7. The molecule has 0 fully saturated rings. The van der Waals surface area contributed by atoms with Gasteiger partial charge in [0.2, 0.25) is 0 Å². The quantitative estimate of drug-likeness (QED) is 0.303. The SMILES string of the molecule is O=C[C@H](O)[C@H](O)[C@H](O)CSCCCl. The van der Waals surface area contributed by atoms with Gasteiger partial charge in [-0.25, -0.2) is 0 Å². The summed E-state index contributed by atoms with van der Waals surface area (Å²) < 4.78 is 0. The molecule has 0 aromatic rings. The molecule has 0 bridgehead atoms. The molecule has 4 nitrogen and oxygen atoms in total. The summed E-state index contributed by atoms with van der Waals surface area (Å²) in [6.07, 6.45) is -3.85. The highest BCUT2D eigenvalue weighted by atomic mass is 35.5. The Morgan fingerprint density at radius 2 is 2.00 bits per heavy atom. The Balaban J connectivity index is 3.68. The number of halogens is 1. The van der Waals surface area contributed by atoms with Crippen LogP contribution in [0.2, 0.25) is 0 Å². The molecule has 0 spiro atoms. The topological polar surface area (TPSA) is 77.8 Å². The van der Waals surface area contributed by atoms with E-state index in [4.69, 9.17) is 21.8 Å². The monoisotopic (exact) mass is 228 g/mol. The van der Waals surface area contributed by atoms with Gasteiger partial charge >= 0.3 is 0 Å². The molecule has 0 aliphatic carbocycles. The van der Waals surface area contributed by atoms with Crippen LogP contribution < -0.4 is 0 Å². The van der Waals surface area contributed by atoms with Crippen LogP contribution in [-0.2, 0) is 4.79 Å². The van der Waals surface area contributed by atoms with Crippen molar-refractivity contribution >= 4 is 29.6 Å². The first kappa shape index (κ1) is 13.2. The number of alkyl halides is 1. The predicted molar refractivity (Wildman–Crippen MR) is 52.1 cm³/mol. The van der Waals surface area contributed by atoms with Crippen molar-refractivity contribution in [2.24, 2.45) is 0 Å². The normalized spacial score (nSPS) is 17.8. The van der Waals surface area contributed by atoms with E-state index in [2.05, 4.69) is 0 Å². The Morgan fingerprint density at radius 1 is 1.38 bits per heavy atom. The van der Waals surface area contributed by atoms with Crippen LogP contribution >= 0.6 is 23.4 Å². The minimum Gasteiger partial charge on any atom is -0.389 e. The first-order valence-electron chi connectivity index (χ1n) is 3.76. The number of thioether (sulfide) groups is 1. The predicted octanol–water partition coefficient (Wildman–Crippen LogP) is -0.760. The average molecular weight is 229 g/mol.